The molecule has 1 saturated carbocycles. The molecule has 5 heteroatoms. The molecule has 0 heterocycles. The maximum atomic E-state index is 12.3. The van der Waals surface area contributed by atoms with Gasteiger partial charge in [0, 0.05) is 12.2 Å². The zero-order valence-corrected chi connectivity index (χ0v) is 14.3. The molecule has 1 aliphatic rings. The average molecular weight is 327 g/mol. The smallest absolute Gasteiger partial charge is 0.263 e. The molecule has 1 aliphatic carbocycles. The fourth-order valence-corrected chi connectivity index (χ4v) is 2.87. The van der Waals surface area contributed by atoms with E-state index in [9.17, 15) is 10.1 Å². The molecule has 1 aromatic rings. The van der Waals surface area contributed by atoms with Crippen LogP contribution >= 0.6 is 0 Å². The normalized spacial score (nSPS) is 16.8. The third-order valence-electron chi connectivity index (χ3n) is 4.40. The first-order valence-corrected chi connectivity index (χ1v) is 8.45. The van der Waals surface area contributed by atoms with Crippen molar-refractivity contribution in [2.75, 3.05) is 7.11 Å². The van der Waals surface area contributed by atoms with Crippen LogP contribution in [0.25, 0.3) is 0 Å². The highest BCUT2D eigenvalue weighted by Gasteiger charge is 2.16. The van der Waals surface area contributed by atoms with Crippen LogP contribution in [-0.2, 0) is 4.79 Å². The van der Waals surface area contributed by atoms with Crippen molar-refractivity contribution in [1.29, 1.82) is 5.26 Å². The fourth-order valence-electron chi connectivity index (χ4n) is 2.87. The molecule has 128 valence electrons. The Balaban J connectivity index is 1.93. The van der Waals surface area contributed by atoms with Crippen LogP contribution in [0.2, 0.25) is 0 Å². The van der Waals surface area contributed by atoms with Crippen LogP contribution in [0.4, 0.5) is 0 Å². The van der Waals surface area contributed by atoms with Crippen molar-refractivity contribution in [2.45, 2.75) is 51.1 Å². The second kappa shape index (κ2) is 8.97. The number of hydrogen-bond acceptors (Lipinski definition) is 4. The second-order valence-electron chi connectivity index (χ2n) is 6.14. The molecule has 1 aromatic carbocycles. The minimum absolute atomic E-state index is 0.112. The summed E-state index contributed by atoms with van der Waals surface area (Å²) in [6.45, 7) is 1.89. The summed E-state index contributed by atoms with van der Waals surface area (Å²) in [6, 6.07) is 9.67. The Morgan fingerprint density at radius 3 is 2.54 bits per heavy atom. The monoisotopic (exact) mass is 327 g/mol. The van der Waals surface area contributed by atoms with E-state index in [1.165, 1.54) is 19.3 Å². The van der Waals surface area contributed by atoms with E-state index in [-0.39, 0.29) is 17.5 Å². The van der Waals surface area contributed by atoms with E-state index in [0.717, 1.165) is 24.2 Å². The van der Waals surface area contributed by atoms with Crippen molar-refractivity contribution in [1.82, 2.24) is 10.6 Å². The number of amides is 1. The molecule has 1 amide bonds. The van der Waals surface area contributed by atoms with Gasteiger partial charge < -0.3 is 15.4 Å². The summed E-state index contributed by atoms with van der Waals surface area (Å²) < 4.78 is 5.13. The number of nitriles is 1. The molecule has 1 fully saturated rings. The van der Waals surface area contributed by atoms with Gasteiger partial charge in [-0.3, -0.25) is 4.79 Å². The van der Waals surface area contributed by atoms with Gasteiger partial charge in [0.2, 0.25) is 0 Å². The highest BCUT2D eigenvalue weighted by atomic mass is 16.5. The van der Waals surface area contributed by atoms with Crippen LogP contribution in [-0.4, -0.2) is 19.1 Å². The number of ether oxygens (including phenoxy) is 1. The van der Waals surface area contributed by atoms with Gasteiger partial charge in [0.15, 0.2) is 0 Å². The van der Waals surface area contributed by atoms with Gasteiger partial charge in [-0.2, -0.15) is 5.26 Å². The van der Waals surface area contributed by atoms with Crippen LogP contribution in [0, 0.1) is 11.3 Å². The summed E-state index contributed by atoms with van der Waals surface area (Å²) in [5.74, 6) is 0.413. The first kappa shape index (κ1) is 17.9. The van der Waals surface area contributed by atoms with Crippen molar-refractivity contribution in [3.63, 3.8) is 0 Å². The fraction of sp³-hybridized carbons (Fsp3) is 0.474. The molecule has 2 rings (SSSR count). The van der Waals surface area contributed by atoms with Crippen LogP contribution in [0.1, 0.15) is 50.6 Å². The van der Waals surface area contributed by atoms with E-state index in [1.807, 2.05) is 37.3 Å². The molecule has 0 radical (unpaired) electrons. The lowest BCUT2D eigenvalue weighted by Gasteiger charge is -2.22. The first-order chi connectivity index (χ1) is 11.6. The van der Waals surface area contributed by atoms with Crippen LogP contribution in [0.3, 0.4) is 0 Å². The zero-order valence-electron chi connectivity index (χ0n) is 14.3. The molecule has 0 bridgehead atoms. The number of nitrogens with zero attached hydrogens (tertiary/aromatic N) is 1. The lowest BCUT2D eigenvalue weighted by molar-refractivity contribution is -0.117. The number of hydrogen-bond donors (Lipinski definition) is 2. The lowest BCUT2D eigenvalue weighted by Crippen LogP contribution is -2.31. The van der Waals surface area contributed by atoms with Crippen molar-refractivity contribution in [2.24, 2.45) is 0 Å². The second-order valence-corrected chi connectivity index (χ2v) is 6.14. The van der Waals surface area contributed by atoms with Crippen LogP contribution < -0.4 is 15.4 Å². The van der Waals surface area contributed by atoms with Crippen molar-refractivity contribution in [3.8, 4) is 11.8 Å². The molecule has 1 atom stereocenters. The number of rotatable bonds is 6. The van der Waals surface area contributed by atoms with Gasteiger partial charge >= 0.3 is 0 Å². The predicted molar refractivity (Wildman–Crippen MR) is 93.3 cm³/mol. The molecule has 5 nitrogen and oxygen atoms in total. The Kier molecular flexibility index (Phi) is 6.68. The number of carbonyl (C=O) groups is 1. The largest absolute Gasteiger partial charge is 0.497 e. The summed E-state index contributed by atoms with van der Waals surface area (Å²) in [7, 11) is 1.61. The summed E-state index contributed by atoms with van der Waals surface area (Å²) in [5.41, 5.74) is 1.07. The Morgan fingerprint density at radius 1 is 1.29 bits per heavy atom. The molecule has 2 N–H and O–H groups in total. The van der Waals surface area contributed by atoms with Gasteiger partial charge in [-0.05, 0) is 37.5 Å². The maximum absolute atomic E-state index is 12.3. The molecule has 0 saturated heterocycles. The quantitative estimate of drug-likeness (QED) is 0.621. The molecular formula is C19H25N3O2. The number of nitrogens with one attached hydrogen (secondary N) is 2. The Hall–Kier alpha value is -2.48. The summed E-state index contributed by atoms with van der Waals surface area (Å²) in [5, 5.41) is 15.3. The van der Waals surface area contributed by atoms with E-state index in [1.54, 1.807) is 13.3 Å². The first-order valence-electron chi connectivity index (χ1n) is 8.45. The minimum atomic E-state index is -0.357. The Bertz CT molecular complexity index is 610. The molecule has 24 heavy (non-hydrogen) atoms. The standard InChI is InChI=1S/C19H25N3O2/c1-14(15-8-10-18(24-2)11-9-15)22-19(23)16(12-20)13-21-17-6-4-3-5-7-17/h8-11,13-14,17,21H,3-7H2,1-2H3,(H,22,23)/b16-13-. The van der Waals surface area contributed by atoms with Gasteiger partial charge in [-0.15, -0.1) is 0 Å². The van der Waals surface area contributed by atoms with Gasteiger partial charge in [0.05, 0.1) is 13.2 Å². The molecule has 1 unspecified atom stereocenters. The van der Waals surface area contributed by atoms with Gasteiger partial charge in [0.1, 0.15) is 17.4 Å². The van der Waals surface area contributed by atoms with Gasteiger partial charge in [-0.25, -0.2) is 0 Å². The van der Waals surface area contributed by atoms with E-state index in [2.05, 4.69) is 10.6 Å². The maximum Gasteiger partial charge on any atom is 0.263 e. The summed E-state index contributed by atoms with van der Waals surface area (Å²) >= 11 is 0. The predicted octanol–water partition coefficient (Wildman–Crippen LogP) is 3.20. The van der Waals surface area contributed by atoms with Crippen molar-refractivity contribution in [3.05, 3.63) is 41.6 Å². The van der Waals surface area contributed by atoms with Crippen LogP contribution in [0.5, 0.6) is 5.75 Å². The van der Waals surface area contributed by atoms with E-state index in [0.29, 0.717) is 6.04 Å². The third kappa shape index (κ3) is 5.02. The number of methoxy groups -OCH3 is 1. The van der Waals surface area contributed by atoms with Gasteiger partial charge in [-0.1, -0.05) is 31.4 Å². The molecular weight excluding hydrogens is 302 g/mol. The van der Waals surface area contributed by atoms with Gasteiger partial charge in [0.25, 0.3) is 5.91 Å². The highest BCUT2D eigenvalue weighted by molar-refractivity contribution is 5.97. The Labute approximate surface area is 143 Å². The number of benzene rings is 1. The molecule has 0 aliphatic heterocycles. The SMILES string of the molecule is COc1ccc(C(C)NC(=O)/C(C#N)=C\NC2CCCCC2)cc1. The lowest BCUT2D eigenvalue weighted by atomic mass is 9.96. The zero-order chi connectivity index (χ0) is 17.4. The van der Waals surface area contributed by atoms with Crippen LogP contribution in [0.15, 0.2) is 36.0 Å². The molecule has 0 aromatic heterocycles. The van der Waals surface area contributed by atoms with Crippen molar-refractivity contribution >= 4 is 5.91 Å². The van der Waals surface area contributed by atoms with Crippen molar-refractivity contribution < 1.29 is 9.53 Å². The topological polar surface area (TPSA) is 74.1 Å². The number of carbonyl (C=O) groups excluding carboxylic acids is 1. The highest BCUT2D eigenvalue weighted by Crippen LogP contribution is 2.18. The molecule has 0 spiro atoms. The average Bonchev–Trinajstić information content (AvgIpc) is 2.63. The van der Waals surface area contributed by atoms with E-state index in [4.69, 9.17) is 4.74 Å². The minimum Gasteiger partial charge on any atom is -0.497 e. The summed E-state index contributed by atoms with van der Waals surface area (Å²) in [6.07, 6.45) is 7.43. The van der Waals surface area contributed by atoms with E-state index >= 15 is 0 Å². The van der Waals surface area contributed by atoms with E-state index < -0.39 is 0 Å². The third-order valence-corrected chi connectivity index (χ3v) is 4.40. The Morgan fingerprint density at radius 2 is 1.96 bits per heavy atom. The summed E-state index contributed by atoms with van der Waals surface area (Å²) in [4.78, 5) is 12.3.